The Morgan fingerprint density at radius 3 is 2.94 bits per heavy atom. The van der Waals surface area contributed by atoms with Crippen molar-refractivity contribution in [3.05, 3.63) is 22.4 Å². The van der Waals surface area contributed by atoms with Crippen LogP contribution in [0, 0.1) is 11.3 Å². The van der Waals surface area contributed by atoms with Gasteiger partial charge < -0.3 is 5.73 Å². The van der Waals surface area contributed by atoms with Crippen LogP contribution < -0.4 is 5.73 Å². The molecule has 1 fully saturated rings. The van der Waals surface area contributed by atoms with Gasteiger partial charge in [-0.25, -0.2) is 0 Å². The van der Waals surface area contributed by atoms with Gasteiger partial charge in [0.15, 0.2) is 0 Å². The molecule has 0 saturated heterocycles. The van der Waals surface area contributed by atoms with Gasteiger partial charge in [0, 0.05) is 30.4 Å². The minimum absolute atomic E-state index is 0.306. The first-order valence-corrected chi connectivity index (χ1v) is 6.61. The molecule has 0 spiro atoms. The van der Waals surface area contributed by atoms with Crippen LogP contribution in [-0.4, -0.2) is 24.0 Å². The van der Waals surface area contributed by atoms with Crippen molar-refractivity contribution in [1.82, 2.24) is 4.90 Å². The highest BCUT2D eigenvalue weighted by atomic mass is 32.1. The lowest BCUT2D eigenvalue weighted by molar-refractivity contribution is 0.198. The summed E-state index contributed by atoms with van der Waals surface area (Å²) in [6.45, 7) is 1.49. The fraction of sp³-hybridized carbons (Fsp3) is 0.583. The summed E-state index contributed by atoms with van der Waals surface area (Å²) in [4.78, 5) is 3.74. The summed E-state index contributed by atoms with van der Waals surface area (Å²) in [6, 6.07) is 7.40. The molecule has 0 radical (unpaired) electrons. The predicted molar refractivity (Wildman–Crippen MR) is 66.1 cm³/mol. The molecule has 1 atom stereocenters. The second-order valence-corrected chi connectivity index (χ2v) is 5.12. The zero-order valence-electron chi connectivity index (χ0n) is 9.30. The molecular weight excluding hydrogens is 218 g/mol. The first kappa shape index (κ1) is 11.6. The van der Waals surface area contributed by atoms with Gasteiger partial charge in [0.25, 0.3) is 0 Å². The van der Waals surface area contributed by atoms with Crippen LogP contribution in [0.15, 0.2) is 17.5 Å². The maximum absolute atomic E-state index is 8.70. The van der Waals surface area contributed by atoms with E-state index in [1.807, 2.05) is 0 Å². The fourth-order valence-electron chi connectivity index (χ4n) is 2.07. The van der Waals surface area contributed by atoms with E-state index in [9.17, 15) is 0 Å². The van der Waals surface area contributed by atoms with Crippen LogP contribution in [0.4, 0.5) is 0 Å². The Kier molecular flexibility index (Phi) is 3.94. The number of hydrogen-bond donors (Lipinski definition) is 1. The fourth-order valence-corrected chi connectivity index (χ4v) is 2.93. The summed E-state index contributed by atoms with van der Waals surface area (Å²) in [7, 11) is 0. The molecule has 0 bridgehead atoms. The van der Waals surface area contributed by atoms with E-state index >= 15 is 0 Å². The largest absolute Gasteiger partial charge is 0.329 e. The summed E-state index contributed by atoms with van der Waals surface area (Å²) in [5.74, 6) is 0. The minimum atomic E-state index is 0.306. The second-order valence-electron chi connectivity index (χ2n) is 4.14. The molecule has 16 heavy (non-hydrogen) atoms. The Balaban J connectivity index is 2.07. The molecule has 0 amide bonds. The van der Waals surface area contributed by atoms with Gasteiger partial charge >= 0.3 is 0 Å². The maximum Gasteiger partial charge on any atom is 0.0635 e. The second kappa shape index (κ2) is 5.44. The van der Waals surface area contributed by atoms with Crippen LogP contribution in [0.2, 0.25) is 0 Å². The van der Waals surface area contributed by atoms with Gasteiger partial charge in [-0.1, -0.05) is 6.07 Å². The molecule has 1 aliphatic rings. The molecule has 86 valence electrons. The lowest BCUT2D eigenvalue weighted by Gasteiger charge is -2.29. The monoisotopic (exact) mass is 235 g/mol. The Hall–Kier alpha value is -0.890. The standard InChI is InChI=1S/C12H17N3S/c13-6-2-7-15(10-4-5-10)11(9-14)12-3-1-8-16-12/h1,3,8,10-11H,2,4-5,7,9,14H2. The van der Waals surface area contributed by atoms with Crippen molar-refractivity contribution in [3.63, 3.8) is 0 Å². The van der Waals surface area contributed by atoms with Crippen LogP contribution in [0.1, 0.15) is 30.2 Å². The number of nitrogens with zero attached hydrogens (tertiary/aromatic N) is 2. The molecule has 1 unspecified atom stereocenters. The number of nitriles is 1. The number of thiophene rings is 1. The molecule has 1 aromatic heterocycles. The smallest absolute Gasteiger partial charge is 0.0635 e. The topological polar surface area (TPSA) is 53.0 Å². The maximum atomic E-state index is 8.70. The van der Waals surface area contributed by atoms with E-state index in [4.69, 9.17) is 11.0 Å². The third-order valence-electron chi connectivity index (χ3n) is 2.99. The summed E-state index contributed by atoms with van der Waals surface area (Å²) >= 11 is 1.76. The van der Waals surface area contributed by atoms with E-state index < -0.39 is 0 Å². The van der Waals surface area contributed by atoms with Crippen molar-refractivity contribution in [2.24, 2.45) is 5.73 Å². The van der Waals surface area contributed by atoms with Gasteiger partial charge in [-0.2, -0.15) is 5.26 Å². The van der Waals surface area contributed by atoms with E-state index in [1.54, 1.807) is 11.3 Å². The SMILES string of the molecule is N#CCCN(C1CC1)C(CN)c1cccs1. The highest BCUT2D eigenvalue weighted by Crippen LogP contribution is 2.35. The van der Waals surface area contributed by atoms with Gasteiger partial charge in [0.1, 0.15) is 0 Å². The summed E-state index contributed by atoms with van der Waals surface area (Å²) < 4.78 is 0. The van der Waals surface area contributed by atoms with Crippen molar-refractivity contribution < 1.29 is 0 Å². The van der Waals surface area contributed by atoms with E-state index in [1.165, 1.54) is 17.7 Å². The van der Waals surface area contributed by atoms with Crippen LogP contribution >= 0.6 is 11.3 Å². The molecule has 0 aliphatic heterocycles. The number of hydrogen-bond acceptors (Lipinski definition) is 4. The zero-order valence-corrected chi connectivity index (χ0v) is 10.1. The average Bonchev–Trinajstić information content (AvgIpc) is 3.00. The lowest BCUT2D eigenvalue weighted by Crippen LogP contribution is -2.35. The minimum Gasteiger partial charge on any atom is -0.329 e. The molecule has 1 aliphatic carbocycles. The average molecular weight is 235 g/mol. The Bertz CT molecular complexity index is 351. The van der Waals surface area contributed by atoms with E-state index in [0.29, 0.717) is 25.0 Å². The highest BCUT2D eigenvalue weighted by molar-refractivity contribution is 7.10. The highest BCUT2D eigenvalue weighted by Gasteiger charge is 2.33. The number of rotatable bonds is 6. The summed E-state index contributed by atoms with van der Waals surface area (Å²) in [5.41, 5.74) is 5.88. The molecule has 2 N–H and O–H groups in total. The molecule has 0 aromatic carbocycles. The van der Waals surface area contributed by atoms with Crippen molar-refractivity contribution >= 4 is 11.3 Å². The van der Waals surface area contributed by atoms with E-state index in [-0.39, 0.29) is 0 Å². The van der Waals surface area contributed by atoms with Crippen LogP contribution in [0.3, 0.4) is 0 Å². The van der Waals surface area contributed by atoms with E-state index in [0.717, 1.165) is 6.54 Å². The van der Waals surface area contributed by atoms with Crippen molar-refractivity contribution in [2.45, 2.75) is 31.3 Å². The molecule has 3 nitrogen and oxygen atoms in total. The lowest BCUT2D eigenvalue weighted by atomic mass is 10.2. The molecule has 1 aromatic rings. The first-order chi connectivity index (χ1) is 7.86. The van der Waals surface area contributed by atoms with Gasteiger partial charge in [0.05, 0.1) is 12.1 Å². The van der Waals surface area contributed by atoms with Crippen molar-refractivity contribution in [3.8, 4) is 6.07 Å². The van der Waals surface area contributed by atoms with Gasteiger partial charge in [-0.05, 0) is 24.3 Å². The Labute approximate surface area is 100 Å². The third kappa shape index (κ3) is 2.62. The van der Waals surface area contributed by atoms with Crippen molar-refractivity contribution in [2.75, 3.05) is 13.1 Å². The zero-order chi connectivity index (χ0) is 11.4. The molecule has 1 saturated carbocycles. The van der Waals surface area contributed by atoms with Gasteiger partial charge in [-0.15, -0.1) is 11.3 Å². The first-order valence-electron chi connectivity index (χ1n) is 5.73. The Morgan fingerprint density at radius 1 is 1.62 bits per heavy atom. The molecule has 4 heteroatoms. The number of nitrogens with two attached hydrogens (primary N) is 1. The molecule has 1 heterocycles. The summed E-state index contributed by atoms with van der Waals surface area (Å²) in [5, 5.41) is 10.8. The quantitative estimate of drug-likeness (QED) is 0.821. The predicted octanol–water partition coefficient (Wildman–Crippen LogP) is 2.13. The molecule has 2 rings (SSSR count). The molecular formula is C12H17N3S. The third-order valence-corrected chi connectivity index (χ3v) is 3.97. The Morgan fingerprint density at radius 2 is 2.44 bits per heavy atom. The van der Waals surface area contributed by atoms with Crippen LogP contribution in [-0.2, 0) is 0 Å². The summed E-state index contributed by atoms with van der Waals surface area (Å²) in [6.07, 6.45) is 3.11. The van der Waals surface area contributed by atoms with Crippen LogP contribution in [0.5, 0.6) is 0 Å². The van der Waals surface area contributed by atoms with Gasteiger partial charge in [0.2, 0.25) is 0 Å². The van der Waals surface area contributed by atoms with Crippen molar-refractivity contribution in [1.29, 1.82) is 5.26 Å². The van der Waals surface area contributed by atoms with Crippen LogP contribution in [0.25, 0.3) is 0 Å². The van der Waals surface area contributed by atoms with Gasteiger partial charge in [-0.3, -0.25) is 4.90 Å². The normalized spacial score (nSPS) is 17.3. The van der Waals surface area contributed by atoms with E-state index in [2.05, 4.69) is 28.5 Å².